The van der Waals surface area contributed by atoms with Gasteiger partial charge in [-0.05, 0) is 42.9 Å². The summed E-state index contributed by atoms with van der Waals surface area (Å²) in [6, 6.07) is 3.86. The fraction of sp³-hybridized carbons (Fsp3) is 0.600. The van der Waals surface area contributed by atoms with Crippen molar-refractivity contribution in [3.05, 3.63) is 30.1 Å². The first kappa shape index (κ1) is 12.6. The van der Waals surface area contributed by atoms with E-state index in [1.165, 1.54) is 6.42 Å². The van der Waals surface area contributed by atoms with Gasteiger partial charge in [-0.2, -0.15) is 0 Å². The van der Waals surface area contributed by atoms with Crippen LogP contribution in [0, 0.1) is 5.41 Å². The second-order valence-corrected chi connectivity index (χ2v) is 5.85. The van der Waals surface area contributed by atoms with Crippen molar-refractivity contribution in [1.82, 2.24) is 15.2 Å². The number of hydrogen-bond acceptors (Lipinski definition) is 3. The van der Waals surface area contributed by atoms with Crippen molar-refractivity contribution in [1.29, 1.82) is 0 Å². The summed E-state index contributed by atoms with van der Waals surface area (Å²) in [6.07, 6.45) is 7.59. The zero-order chi connectivity index (χ0) is 13.1. The molecule has 1 aromatic heterocycles. The van der Waals surface area contributed by atoms with Crippen molar-refractivity contribution in [2.24, 2.45) is 5.41 Å². The van der Waals surface area contributed by atoms with Crippen LogP contribution < -0.4 is 5.32 Å². The molecule has 0 unspecified atom stereocenters. The topological polar surface area (TPSA) is 45.2 Å². The van der Waals surface area contributed by atoms with Crippen LogP contribution >= 0.6 is 0 Å². The minimum Gasteiger partial charge on any atom is -0.342 e. The predicted octanol–water partition coefficient (Wildman–Crippen LogP) is 1.23. The van der Waals surface area contributed by atoms with E-state index in [0.717, 1.165) is 44.6 Å². The highest BCUT2D eigenvalue weighted by Crippen LogP contribution is 2.36. The van der Waals surface area contributed by atoms with Crippen LogP contribution in [0.2, 0.25) is 0 Å². The van der Waals surface area contributed by atoms with Crippen LogP contribution in [-0.4, -0.2) is 42.0 Å². The molecule has 0 atom stereocenters. The Kier molecular flexibility index (Phi) is 3.51. The van der Waals surface area contributed by atoms with Crippen molar-refractivity contribution in [3.63, 3.8) is 0 Å². The van der Waals surface area contributed by atoms with Crippen molar-refractivity contribution < 1.29 is 4.79 Å². The summed E-state index contributed by atoms with van der Waals surface area (Å²) >= 11 is 0. The fourth-order valence-corrected chi connectivity index (χ4v) is 3.24. The molecular weight excluding hydrogens is 238 g/mol. The summed E-state index contributed by atoms with van der Waals surface area (Å²) in [4.78, 5) is 18.3. The van der Waals surface area contributed by atoms with Gasteiger partial charge in [0.15, 0.2) is 0 Å². The Labute approximate surface area is 114 Å². The molecule has 102 valence electrons. The maximum atomic E-state index is 12.3. The molecule has 2 aliphatic heterocycles. The molecule has 2 aliphatic rings. The van der Waals surface area contributed by atoms with E-state index in [4.69, 9.17) is 0 Å². The third-order valence-corrected chi connectivity index (χ3v) is 4.59. The first-order valence-electron chi connectivity index (χ1n) is 7.15. The van der Waals surface area contributed by atoms with E-state index in [-0.39, 0.29) is 5.91 Å². The highest BCUT2D eigenvalue weighted by Gasteiger charge is 2.37. The number of hydrogen-bond donors (Lipinski definition) is 1. The lowest BCUT2D eigenvalue weighted by Crippen LogP contribution is -2.44. The van der Waals surface area contributed by atoms with Gasteiger partial charge in [-0.25, -0.2) is 0 Å². The van der Waals surface area contributed by atoms with E-state index < -0.39 is 0 Å². The van der Waals surface area contributed by atoms with Gasteiger partial charge in [0, 0.05) is 32.0 Å². The number of likely N-dealkylation sites (tertiary alicyclic amines) is 1. The molecule has 19 heavy (non-hydrogen) atoms. The molecule has 2 fully saturated rings. The number of carbonyl (C=O) groups is 1. The first-order chi connectivity index (χ1) is 9.27. The van der Waals surface area contributed by atoms with Crippen molar-refractivity contribution in [3.8, 4) is 0 Å². The number of carbonyl (C=O) groups excluding carboxylic acids is 1. The molecule has 1 aromatic rings. The van der Waals surface area contributed by atoms with Gasteiger partial charge in [0.1, 0.15) is 0 Å². The number of piperidine rings is 1. The summed E-state index contributed by atoms with van der Waals surface area (Å²) in [6.45, 7) is 4.11. The Morgan fingerprint density at radius 1 is 1.37 bits per heavy atom. The number of nitrogens with zero attached hydrogens (tertiary/aromatic N) is 2. The highest BCUT2D eigenvalue weighted by atomic mass is 16.2. The summed E-state index contributed by atoms with van der Waals surface area (Å²) in [5.41, 5.74) is 1.49. The maximum absolute atomic E-state index is 12.3. The van der Waals surface area contributed by atoms with Crippen LogP contribution in [-0.2, 0) is 11.2 Å². The van der Waals surface area contributed by atoms with E-state index >= 15 is 0 Å². The summed E-state index contributed by atoms with van der Waals surface area (Å²) in [5.74, 6) is 0.244. The van der Waals surface area contributed by atoms with Gasteiger partial charge in [0.25, 0.3) is 0 Å². The second kappa shape index (κ2) is 5.29. The number of aromatic nitrogens is 1. The molecule has 4 nitrogen and oxygen atoms in total. The highest BCUT2D eigenvalue weighted by molar-refractivity contribution is 5.78. The Bertz CT molecular complexity index is 430. The third-order valence-electron chi connectivity index (χ3n) is 4.59. The smallest absolute Gasteiger partial charge is 0.227 e. The Balaban J connectivity index is 1.55. The first-order valence-corrected chi connectivity index (χ1v) is 7.15. The van der Waals surface area contributed by atoms with Crippen LogP contribution in [0.4, 0.5) is 0 Å². The maximum Gasteiger partial charge on any atom is 0.227 e. The lowest BCUT2D eigenvalue weighted by molar-refractivity contribution is -0.132. The van der Waals surface area contributed by atoms with Crippen LogP contribution in [0.15, 0.2) is 24.5 Å². The van der Waals surface area contributed by atoms with Gasteiger partial charge < -0.3 is 10.2 Å². The zero-order valence-electron chi connectivity index (χ0n) is 11.3. The molecule has 0 saturated carbocycles. The van der Waals surface area contributed by atoms with Gasteiger partial charge in [-0.1, -0.05) is 6.07 Å². The second-order valence-electron chi connectivity index (χ2n) is 5.85. The molecule has 3 rings (SSSR count). The van der Waals surface area contributed by atoms with E-state index in [9.17, 15) is 4.79 Å². The van der Waals surface area contributed by atoms with Crippen LogP contribution in [0.25, 0.3) is 0 Å². The van der Waals surface area contributed by atoms with Gasteiger partial charge in [0.05, 0.1) is 6.42 Å². The monoisotopic (exact) mass is 259 g/mol. The molecule has 4 heteroatoms. The molecule has 0 radical (unpaired) electrons. The molecule has 0 aliphatic carbocycles. The molecule has 0 bridgehead atoms. The van der Waals surface area contributed by atoms with Crippen LogP contribution in [0.1, 0.15) is 24.8 Å². The van der Waals surface area contributed by atoms with E-state index in [1.807, 2.05) is 17.0 Å². The summed E-state index contributed by atoms with van der Waals surface area (Å²) < 4.78 is 0. The Morgan fingerprint density at radius 2 is 2.21 bits per heavy atom. The molecule has 0 aromatic carbocycles. The van der Waals surface area contributed by atoms with Crippen LogP contribution in [0.3, 0.4) is 0 Å². The minimum atomic E-state index is 0.244. The van der Waals surface area contributed by atoms with Crippen molar-refractivity contribution >= 4 is 5.91 Å². The third kappa shape index (κ3) is 2.78. The van der Waals surface area contributed by atoms with E-state index in [2.05, 4.69) is 10.3 Å². The van der Waals surface area contributed by atoms with Gasteiger partial charge in [0.2, 0.25) is 5.91 Å². The Hall–Kier alpha value is -1.42. The molecular formula is C15H21N3O. The lowest BCUT2D eigenvalue weighted by Gasteiger charge is -2.39. The molecule has 1 N–H and O–H groups in total. The van der Waals surface area contributed by atoms with E-state index in [1.54, 1.807) is 12.4 Å². The average Bonchev–Trinajstić information content (AvgIpc) is 2.89. The number of rotatable bonds is 2. The van der Waals surface area contributed by atoms with Crippen molar-refractivity contribution in [2.45, 2.75) is 25.7 Å². The standard InChI is InChI=1S/C15H21N3O/c19-14(10-13-2-1-6-16-11-13)18-8-4-15(5-9-18)3-7-17-12-15/h1-2,6,11,17H,3-5,7-10,12H2. The fourth-order valence-electron chi connectivity index (χ4n) is 3.24. The zero-order valence-corrected chi connectivity index (χ0v) is 11.3. The summed E-state index contributed by atoms with van der Waals surface area (Å²) in [7, 11) is 0. The number of pyridine rings is 1. The quantitative estimate of drug-likeness (QED) is 0.869. The average molecular weight is 259 g/mol. The van der Waals surface area contributed by atoms with E-state index in [0.29, 0.717) is 11.8 Å². The largest absolute Gasteiger partial charge is 0.342 e. The molecule has 1 spiro atoms. The van der Waals surface area contributed by atoms with Crippen LogP contribution in [0.5, 0.6) is 0 Å². The number of amides is 1. The van der Waals surface area contributed by atoms with Gasteiger partial charge in [-0.15, -0.1) is 0 Å². The molecule has 3 heterocycles. The SMILES string of the molecule is O=C(Cc1cccnc1)N1CCC2(CCNC2)CC1. The minimum absolute atomic E-state index is 0.244. The van der Waals surface area contributed by atoms with Gasteiger partial charge in [-0.3, -0.25) is 9.78 Å². The molecule has 2 saturated heterocycles. The Morgan fingerprint density at radius 3 is 2.84 bits per heavy atom. The normalized spacial score (nSPS) is 21.8. The predicted molar refractivity (Wildman–Crippen MR) is 73.7 cm³/mol. The van der Waals surface area contributed by atoms with Crippen molar-refractivity contribution in [2.75, 3.05) is 26.2 Å². The molecule has 1 amide bonds. The summed E-state index contributed by atoms with van der Waals surface area (Å²) in [5, 5.41) is 3.45. The van der Waals surface area contributed by atoms with Gasteiger partial charge >= 0.3 is 0 Å². The lowest BCUT2D eigenvalue weighted by atomic mass is 9.78. The number of nitrogens with one attached hydrogen (secondary N) is 1.